The fraction of sp³-hybridized carbons (Fsp3) is 0.118. The van der Waals surface area contributed by atoms with Gasteiger partial charge in [-0.25, -0.2) is 4.98 Å². The van der Waals surface area contributed by atoms with E-state index in [1.807, 2.05) is 35.7 Å². The van der Waals surface area contributed by atoms with Gasteiger partial charge in [-0.1, -0.05) is 30.3 Å². The molecule has 5 nitrogen and oxygen atoms in total. The minimum atomic E-state index is -0.226. The van der Waals surface area contributed by atoms with Gasteiger partial charge < -0.3 is 9.88 Å². The van der Waals surface area contributed by atoms with E-state index < -0.39 is 0 Å². The van der Waals surface area contributed by atoms with E-state index in [1.54, 1.807) is 17.2 Å². The van der Waals surface area contributed by atoms with Crippen LogP contribution in [0.3, 0.4) is 0 Å². The number of rotatable bonds is 5. The molecule has 0 bridgehead atoms. The number of hydrogen-bond acceptors (Lipinski definition) is 4. The number of amides is 1. The van der Waals surface area contributed by atoms with Crippen molar-refractivity contribution < 1.29 is 4.79 Å². The molecule has 2 heterocycles. The Balaban J connectivity index is 1.85. The molecule has 1 aromatic carbocycles. The van der Waals surface area contributed by atoms with Gasteiger partial charge in [0.25, 0.3) is 5.91 Å². The van der Waals surface area contributed by atoms with Crippen molar-refractivity contribution in [1.82, 2.24) is 14.9 Å². The number of benzene rings is 1. The second-order valence-electron chi connectivity index (χ2n) is 5.01. The first-order chi connectivity index (χ1) is 11.2. The van der Waals surface area contributed by atoms with Crippen molar-refractivity contribution in [3.8, 4) is 0 Å². The molecule has 0 saturated heterocycles. The molecule has 3 rings (SSSR count). The molecule has 0 saturated carbocycles. The number of aromatic amines is 1. The SMILES string of the molecule is O=C(c1ccc(=O)[nH]c1)N(Cc1ccccc1)Cc1nccs1. The quantitative estimate of drug-likeness (QED) is 0.784. The number of carbonyl (C=O) groups is 1. The fourth-order valence-corrected chi connectivity index (χ4v) is 2.85. The maximum atomic E-state index is 12.8. The molecule has 0 radical (unpaired) electrons. The third kappa shape index (κ3) is 3.92. The predicted octanol–water partition coefficient (Wildman–Crippen LogP) is 2.67. The Labute approximate surface area is 137 Å². The van der Waals surface area contributed by atoms with E-state index in [1.165, 1.54) is 23.6 Å². The van der Waals surface area contributed by atoms with Crippen molar-refractivity contribution in [2.24, 2.45) is 0 Å². The summed E-state index contributed by atoms with van der Waals surface area (Å²) >= 11 is 1.51. The maximum absolute atomic E-state index is 12.8. The molecule has 2 aromatic heterocycles. The summed E-state index contributed by atoms with van der Waals surface area (Å²) in [6.07, 6.45) is 3.18. The normalized spacial score (nSPS) is 10.4. The highest BCUT2D eigenvalue weighted by atomic mass is 32.1. The van der Waals surface area contributed by atoms with Gasteiger partial charge in [0.15, 0.2) is 0 Å². The second-order valence-corrected chi connectivity index (χ2v) is 5.99. The van der Waals surface area contributed by atoms with Gasteiger partial charge in [-0.15, -0.1) is 11.3 Å². The maximum Gasteiger partial charge on any atom is 0.256 e. The van der Waals surface area contributed by atoms with Crippen LogP contribution in [-0.4, -0.2) is 20.8 Å². The topological polar surface area (TPSA) is 66.1 Å². The van der Waals surface area contributed by atoms with Crippen LogP contribution in [0.25, 0.3) is 0 Å². The van der Waals surface area contributed by atoms with Crippen LogP contribution in [0.5, 0.6) is 0 Å². The van der Waals surface area contributed by atoms with Crippen molar-refractivity contribution in [1.29, 1.82) is 0 Å². The lowest BCUT2D eigenvalue weighted by Crippen LogP contribution is -2.30. The number of H-pyrrole nitrogens is 1. The zero-order chi connectivity index (χ0) is 16.1. The zero-order valence-electron chi connectivity index (χ0n) is 12.3. The average molecular weight is 325 g/mol. The molecule has 0 aliphatic heterocycles. The van der Waals surface area contributed by atoms with Crippen LogP contribution >= 0.6 is 11.3 Å². The van der Waals surface area contributed by atoms with Crippen LogP contribution < -0.4 is 5.56 Å². The molecular formula is C17H15N3O2S. The van der Waals surface area contributed by atoms with Crippen molar-refractivity contribution in [2.45, 2.75) is 13.1 Å². The molecule has 0 unspecified atom stereocenters. The summed E-state index contributed by atoms with van der Waals surface area (Å²) in [5, 5.41) is 2.76. The van der Waals surface area contributed by atoms with Crippen LogP contribution in [0.2, 0.25) is 0 Å². The minimum Gasteiger partial charge on any atom is -0.328 e. The lowest BCUT2D eigenvalue weighted by Gasteiger charge is -2.22. The smallest absolute Gasteiger partial charge is 0.256 e. The largest absolute Gasteiger partial charge is 0.328 e. The minimum absolute atomic E-state index is 0.139. The van der Waals surface area contributed by atoms with E-state index in [0.717, 1.165) is 10.6 Å². The van der Waals surface area contributed by atoms with E-state index in [9.17, 15) is 9.59 Å². The van der Waals surface area contributed by atoms with Crippen molar-refractivity contribution in [3.63, 3.8) is 0 Å². The molecule has 23 heavy (non-hydrogen) atoms. The number of nitrogens with zero attached hydrogens (tertiary/aromatic N) is 2. The zero-order valence-corrected chi connectivity index (χ0v) is 13.1. The molecule has 0 fully saturated rings. The molecule has 0 spiro atoms. The summed E-state index contributed by atoms with van der Waals surface area (Å²) in [7, 11) is 0. The standard InChI is InChI=1S/C17H15N3O2S/c21-15-7-6-14(10-19-15)17(22)20(12-16-18-8-9-23-16)11-13-4-2-1-3-5-13/h1-10H,11-12H2,(H,19,21). The number of pyridine rings is 1. The average Bonchev–Trinajstić information content (AvgIpc) is 3.08. The van der Waals surface area contributed by atoms with E-state index in [-0.39, 0.29) is 11.5 Å². The number of aromatic nitrogens is 2. The first kappa shape index (κ1) is 15.2. The van der Waals surface area contributed by atoms with Gasteiger partial charge in [0, 0.05) is 30.4 Å². The summed E-state index contributed by atoms with van der Waals surface area (Å²) in [4.78, 5) is 32.5. The molecular weight excluding hydrogens is 310 g/mol. The van der Waals surface area contributed by atoms with Crippen LogP contribution in [0, 0.1) is 0 Å². The van der Waals surface area contributed by atoms with Gasteiger partial charge >= 0.3 is 0 Å². The Bertz CT molecular complexity index is 808. The summed E-state index contributed by atoms with van der Waals surface area (Å²) in [6.45, 7) is 0.920. The van der Waals surface area contributed by atoms with Gasteiger partial charge in [0.05, 0.1) is 12.1 Å². The molecule has 1 amide bonds. The molecule has 1 N–H and O–H groups in total. The molecule has 6 heteroatoms. The van der Waals surface area contributed by atoms with Crippen LogP contribution in [-0.2, 0) is 13.1 Å². The highest BCUT2D eigenvalue weighted by Crippen LogP contribution is 2.15. The molecule has 0 atom stereocenters. The Morgan fingerprint density at radius 3 is 2.61 bits per heavy atom. The summed E-state index contributed by atoms with van der Waals surface area (Å²) in [5.41, 5.74) is 1.27. The molecule has 3 aromatic rings. The third-order valence-electron chi connectivity index (χ3n) is 3.34. The Kier molecular flexibility index (Phi) is 4.63. The molecule has 116 valence electrons. The number of nitrogens with one attached hydrogen (secondary N) is 1. The van der Waals surface area contributed by atoms with E-state index in [4.69, 9.17) is 0 Å². The number of hydrogen-bond donors (Lipinski definition) is 1. The van der Waals surface area contributed by atoms with Crippen molar-refractivity contribution >= 4 is 17.2 Å². The van der Waals surface area contributed by atoms with E-state index in [2.05, 4.69) is 9.97 Å². The number of carbonyl (C=O) groups excluding carboxylic acids is 1. The highest BCUT2D eigenvalue weighted by molar-refractivity contribution is 7.09. The first-order valence-electron chi connectivity index (χ1n) is 7.13. The number of thiazole rings is 1. The van der Waals surface area contributed by atoms with Crippen LogP contribution in [0.15, 0.2) is 65.0 Å². The predicted molar refractivity (Wildman–Crippen MR) is 89.2 cm³/mol. The fourth-order valence-electron chi connectivity index (χ4n) is 2.22. The van der Waals surface area contributed by atoms with Gasteiger partial charge in [-0.05, 0) is 11.6 Å². The van der Waals surface area contributed by atoms with Gasteiger partial charge in [0.2, 0.25) is 5.56 Å². The summed E-state index contributed by atoms with van der Waals surface area (Å²) < 4.78 is 0. The molecule has 0 aliphatic rings. The lowest BCUT2D eigenvalue weighted by molar-refractivity contribution is 0.0729. The van der Waals surface area contributed by atoms with Gasteiger partial charge in [0.1, 0.15) is 5.01 Å². The lowest BCUT2D eigenvalue weighted by atomic mass is 10.2. The Hall–Kier alpha value is -2.73. The van der Waals surface area contributed by atoms with Crippen molar-refractivity contribution in [2.75, 3.05) is 0 Å². The van der Waals surface area contributed by atoms with E-state index in [0.29, 0.717) is 18.7 Å². The van der Waals surface area contributed by atoms with Gasteiger partial charge in [-0.2, -0.15) is 0 Å². The third-order valence-corrected chi connectivity index (χ3v) is 4.11. The highest BCUT2D eigenvalue weighted by Gasteiger charge is 2.17. The summed E-state index contributed by atoms with van der Waals surface area (Å²) in [5.74, 6) is -0.139. The van der Waals surface area contributed by atoms with Gasteiger partial charge in [-0.3, -0.25) is 9.59 Å². The Morgan fingerprint density at radius 1 is 1.13 bits per heavy atom. The monoisotopic (exact) mass is 325 g/mol. The van der Waals surface area contributed by atoms with Crippen molar-refractivity contribution in [3.05, 3.63) is 86.7 Å². The van der Waals surface area contributed by atoms with Crippen LogP contribution in [0.1, 0.15) is 20.9 Å². The first-order valence-corrected chi connectivity index (χ1v) is 8.00. The van der Waals surface area contributed by atoms with Crippen LogP contribution in [0.4, 0.5) is 0 Å². The molecule has 0 aliphatic carbocycles. The second kappa shape index (κ2) is 7.02. The van der Waals surface area contributed by atoms with E-state index >= 15 is 0 Å². The Morgan fingerprint density at radius 2 is 1.96 bits per heavy atom. The summed E-state index contributed by atoms with van der Waals surface area (Å²) in [6, 6.07) is 12.7.